The summed E-state index contributed by atoms with van der Waals surface area (Å²) in [5.74, 6) is 0.740. The Hall–Kier alpha value is -1.51. The Morgan fingerprint density at radius 3 is 2.74 bits per heavy atom. The number of hydrogen-bond acceptors (Lipinski definition) is 4. The van der Waals surface area contributed by atoms with Gasteiger partial charge >= 0.3 is 0 Å². The van der Waals surface area contributed by atoms with Crippen LogP contribution in [0.3, 0.4) is 0 Å². The molecule has 0 aliphatic carbocycles. The van der Waals surface area contributed by atoms with Crippen molar-refractivity contribution >= 4 is 23.4 Å². The van der Waals surface area contributed by atoms with Crippen molar-refractivity contribution in [1.29, 1.82) is 5.26 Å². The van der Waals surface area contributed by atoms with Gasteiger partial charge in [0.15, 0.2) is 0 Å². The second-order valence-corrected chi connectivity index (χ2v) is 5.11. The molecule has 1 amide bonds. The predicted molar refractivity (Wildman–Crippen MR) is 80.0 cm³/mol. The summed E-state index contributed by atoms with van der Waals surface area (Å²) in [5, 5.41) is 8.70. The Labute approximate surface area is 118 Å². The number of carbonyl (C=O) groups excluding carboxylic acids is 1. The second kappa shape index (κ2) is 8.57. The Morgan fingerprint density at radius 1 is 1.47 bits per heavy atom. The van der Waals surface area contributed by atoms with E-state index in [1.54, 1.807) is 16.7 Å². The van der Waals surface area contributed by atoms with Gasteiger partial charge in [-0.2, -0.15) is 17.0 Å². The van der Waals surface area contributed by atoms with Gasteiger partial charge in [0.2, 0.25) is 5.91 Å². The Kier molecular flexibility index (Phi) is 7.01. The summed E-state index contributed by atoms with van der Waals surface area (Å²) in [6, 6.07) is 10.9. The van der Waals surface area contributed by atoms with E-state index in [1.165, 1.54) is 0 Å². The standard InChI is InChI=1S/C14H19N3OS/c1-19-11-8-13(16)14(18)17(10-5-9-15)12-6-3-2-4-7-12/h2-4,6-7,13H,5,8,10-11,16H2,1H3/t13-/m0/s1. The molecule has 5 heteroatoms. The molecule has 0 bridgehead atoms. The Bertz CT molecular complexity index is 430. The van der Waals surface area contributed by atoms with Crippen molar-refractivity contribution in [2.45, 2.75) is 18.9 Å². The summed E-state index contributed by atoms with van der Waals surface area (Å²) < 4.78 is 0. The normalized spacial score (nSPS) is 11.6. The molecule has 0 aliphatic heterocycles. The van der Waals surface area contributed by atoms with E-state index in [4.69, 9.17) is 11.0 Å². The SMILES string of the molecule is CSCC[C@H](N)C(=O)N(CCC#N)c1ccccc1. The van der Waals surface area contributed by atoms with Gasteiger partial charge in [-0.1, -0.05) is 18.2 Å². The minimum absolute atomic E-state index is 0.115. The molecule has 1 atom stereocenters. The highest BCUT2D eigenvalue weighted by atomic mass is 32.2. The average molecular weight is 277 g/mol. The predicted octanol–water partition coefficient (Wildman–Crippen LogP) is 2.01. The first-order chi connectivity index (χ1) is 9.20. The summed E-state index contributed by atoms with van der Waals surface area (Å²) in [7, 11) is 0. The summed E-state index contributed by atoms with van der Waals surface area (Å²) in [6.07, 6.45) is 2.94. The number of thioether (sulfide) groups is 1. The monoisotopic (exact) mass is 277 g/mol. The quantitative estimate of drug-likeness (QED) is 0.827. The molecule has 0 aromatic heterocycles. The zero-order valence-corrected chi connectivity index (χ0v) is 11.9. The van der Waals surface area contributed by atoms with Crippen LogP contribution in [-0.4, -0.2) is 30.5 Å². The number of rotatable bonds is 7. The minimum atomic E-state index is -0.508. The highest BCUT2D eigenvalue weighted by molar-refractivity contribution is 7.98. The van der Waals surface area contributed by atoms with Crippen LogP contribution in [0.5, 0.6) is 0 Å². The van der Waals surface area contributed by atoms with Crippen LogP contribution in [0.25, 0.3) is 0 Å². The molecule has 0 spiro atoms. The number of amides is 1. The van der Waals surface area contributed by atoms with Crippen molar-refractivity contribution in [2.24, 2.45) is 5.73 Å². The van der Waals surface area contributed by atoms with Crippen LogP contribution in [0, 0.1) is 11.3 Å². The molecule has 0 fully saturated rings. The van der Waals surface area contributed by atoms with E-state index in [-0.39, 0.29) is 5.91 Å². The lowest BCUT2D eigenvalue weighted by Gasteiger charge is -2.25. The number of para-hydroxylation sites is 1. The lowest BCUT2D eigenvalue weighted by Crippen LogP contribution is -2.44. The largest absolute Gasteiger partial charge is 0.320 e. The molecule has 1 aromatic carbocycles. The maximum atomic E-state index is 12.3. The molecule has 4 nitrogen and oxygen atoms in total. The van der Waals surface area contributed by atoms with E-state index in [0.29, 0.717) is 19.4 Å². The molecular formula is C14H19N3OS. The lowest BCUT2D eigenvalue weighted by molar-refractivity contribution is -0.119. The molecule has 0 unspecified atom stereocenters. The Morgan fingerprint density at radius 2 is 2.16 bits per heavy atom. The summed E-state index contributed by atoms with van der Waals surface area (Å²) in [5.41, 5.74) is 6.72. The van der Waals surface area contributed by atoms with Crippen LogP contribution in [0.2, 0.25) is 0 Å². The number of nitrogens with zero attached hydrogens (tertiary/aromatic N) is 2. The van der Waals surface area contributed by atoms with Gasteiger partial charge in [0.25, 0.3) is 0 Å². The van der Waals surface area contributed by atoms with E-state index < -0.39 is 6.04 Å². The molecule has 0 saturated carbocycles. The van der Waals surface area contributed by atoms with Crippen LogP contribution >= 0.6 is 11.8 Å². The molecule has 0 aliphatic rings. The zero-order valence-electron chi connectivity index (χ0n) is 11.1. The fourth-order valence-corrected chi connectivity index (χ4v) is 2.19. The van der Waals surface area contributed by atoms with E-state index in [9.17, 15) is 4.79 Å². The number of carbonyl (C=O) groups is 1. The summed E-state index contributed by atoms with van der Waals surface area (Å²) >= 11 is 1.67. The molecule has 0 heterocycles. The fourth-order valence-electron chi connectivity index (χ4n) is 1.70. The molecule has 2 N–H and O–H groups in total. The molecule has 102 valence electrons. The topological polar surface area (TPSA) is 70.1 Å². The fraction of sp³-hybridized carbons (Fsp3) is 0.429. The van der Waals surface area contributed by atoms with E-state index >= 15 is 0 Å². The molecule has 0 saturated heterocycles. The van der Waals surface area contributed by atoms with Crippen molar-refractivity contribution in [2.75, 3.05) is 23.5 Å². The van der Waals surface area contributed by atoms with Crippen LogP contribution < -0.4 is 10.6 Å². The first-order valence-corrected chi connectivity index (χ1v) is 7.58. The molecule has 1 rings (SSSR count). The highest BCUT2D eigenvalue weighted by Gasteiger charge is 2.21. The average Bonchev–Trinajstić information content (AvgIpc) is 2.46. The van der Waals surface area contributed by atoms with Gasteiger partial charge in [-0.05, 0) is 30.6 Å². The lowest BCUT2D eigenvalue weighted by atomic mass is 10.2. The third-order valence-electron chi connectivity index (χ3n) is 2.73. The van der Waals surface area contributed by atoms with Gasteiger partial charge in [0, 0.05) is 12.2 Å². The van der Waals surface area contributed by atoms with Crippen LogP contribution in [0.1, 0.15) is 12.8 Å². The van der Waals surface area contributed by atoms with Crippen molar-refractivity contribution in [1.82, 2.24) is 0 Å². The third-order valence-corrected chi connectivity index (χ3v) is 3.38. The first-order valence-electron chi connectivity index (χ1n) is 6.18. The zero-order chi connectivity index (χ0) is 14.1. The summed E-state index contributed by atoms with van der Waals surface area (Å²) in [4.78, 5) is 13.9. The molecule has 0 radical (unpaired) electrons. The smallest absolute Gasteiger partial charge is 0.243 e. The third kappa shape index (κ3) is 4.93. The number of benzene rings is 1. The van der Waals surface area contributed by atoms with E-state index in [1.807, 2.05) is 36.6 Å². The molecular weight excluding hydrogens is 258 g/mol. The van der Waals surface area contributed by atoms with Crippen molar-refractivity contribution in [3.8, 4) is 6.07 Å². The van der Waals surface area contributed by atoms with Gasteiger partial charge in [-0.25, -0.2) is 0 Å². The van der Waals surface area contributed by atoms with Crippen molar-refractivity contribution in [3.63, 3.8) is 0 Å². The number of nitriles is 1. The number of nitrogens with two attached hydrogens (primary N) is 1. The maximum absolute atomic E-state index is 12.3. The van der Waals surface area contributed by atoms with Crippen molar-refractivity contribution < 1.29 is 4.79 Å². The van der Waals surface area contributed by atoms with Crippen LogP contribution in [-0.2, 0) is 4.79 Å². The van der Waals surface area contributed by atoms with Gasteiger partial charge in [0.05, 0.1) is 18.5 Å². The van der Waals surface area contributed by atoms with Gasteiger partial charge in [-0.3, -0.25) is 4.79 Å². The Balaban J connectivity index is 2.79. The second-order valence-electron chi connectivity index (χ2n) is 4.12. The molecule has 19 heavy (non-hydrogen) atoms. The highest BCUT2D eigenvalue weighted by Crippen LogP contribution is 2.15. The van der Waals surface area contributed by atoms with Gasteiger partial charge < -0.3 is 10.6 Å². The van der Waals surface area contributed by atoms with E-state index in [0.717, 1.165) is 11.4 Å². The minimum Gasteiger partial charge on any atom is -0.320 e. The van der Waals surface area contributed by atoms with Gasteiger partial charge in [0.1, 0.15) is 0 Å². The first kappa shape index (κ1) is 15.5. The van der Waals surface area contributed by atoms with Crippen LogP contribution in [0.4, 0.5) is 5.69 Å². The maximum Gasteiger partial charge on any atom is 0.243 e. The van der Waals surface area contributed by atoms with E-state index in [2.05, 4.69) is 6.07 Å². The molecule has 1 aromatic rings. The summed E-state index contributed by atoms with van der Waals surface area (Å²) in [6.45, 7) is 0.381. The number of hydrogen-bond donors (Lipinski definition) is 1. The van der Waals surface area contributed by atoms with Crippen LogP contribution in [0.15, 0.2) is 30.3 Å². The van der Waals surface area contributed by atoms with Gasteiger partial charge in [-0.15, -0.1) is 0 Å². The number of anilines is 1. The van der Waals surface area contributed by atoms with Crippen molar-refractivity contribution in [3.05, 3.63) is 30.3 Å².